The lowest BCUT2D eigenvalue weighted by molar-refractivity contribution is -0.128. The SMILES string of the molecule is O=C1C[C@H](c2ccccc2F)N1. The van der Waals surface area contributed by atoms with Gasteiger partial charge in [-0.15, -0.1) is 0 Å². The summed E-state index contributed by atoms with van der Waals surface area (Å²) < 4.78 is 13.0. The number of halogens is 1. The minimum atomic E-state index is -0.248. The number of carbonyl (C=O) groups excluding carboxylic acids is 1. The molecule has 0 saturated carbocycles. The Kier molecular flexibility index (Phi) is 1.57. The number of amides is 1. The Morgan fingerprint density at radius 3 is 2.67 bits per heavy atom. The summed E-state index contributed by atoms with van der Waals surface area (Å²) in [5, 5.41) is 2.62. The lowest BCUT2D eigenvalue weighted by atomic mass is 9.97. The molecule has 2 rings (SSSR count). The molecule has 0 unspecified atom stereocenters. The third kappa shape index (κ3) is 1.07. The van der Waals surface area contributed by atoms with Crippen LogP contribution in [0.15, 0.2) is 24.3 Å². The Hall–Kier alpha value is -1.38. The molecule has 1 aromatic rings. The zero-order valence-electron chi connectivity index (χ0n) is 6.38. The topological polar surface area (TPSA) is 29.1 Å². The molecule has 0 aliphatic carbocycles. The first-order chi connectivity index (χ1) is 5.77. The maximum absolute atomic E-state index is 13.0. The smallest absolute Gasteiger partial charge is 0.222 e. The van der Waals surface area contributed by atoms with E-state index in [0.717, 1.165) is 0 Å². The summed E-state index contributed by atoms with van der Waals surface area (Å²) in [6.07, 6.45) is 0.404. The highest BCUT2D eigenvalue weighted by molar-refractivity contribution is 5.83. The van der Waals surface area contributed by atoms with Gasteiger partial charge in [0, 0.05) is 5.56 Å². The van der Waals surface area contributed by atoms with Gasteiger partial charge in [0.25, 0.3) is 0 Å². The average molecular weight is 165 g/mol. The molecule has 0 radical (unpaired) electrons. The van der Waals surface area contributed by atoms with E-state index in [9.17, 15) is 9.18 Å². The summed E-state index contributed by atoms with van der Waals surface area (Å²) in [5.74, 6) is -0.259. The van der Waals surface area contributed by atoms with Crippen LogP contribution in [-0.4, -0.2) is 5.91 Å². The molecule has 0 bridgehead atoms. The number of benzene rings is 1. The van der Waals surface area contributed by atoms with Crippen LogP contribution in [0.2, 0.25) is 0 Å². The Morgan fingerprint density at radius 2 is 2.08 bits per heavy atom. The van der Waals surface area contributed by atoms with Crippen molar-refractivity contribution in [2.24, 2.45) is 0 Å². The Morgan fingerprint density at radius 1 is 1.42 bits per heavy atom. The molecular weight excluding hydrogens is 157 g/mol. The number of nitrogens with one attached hydrogen (secondary N) is 1. The third-order valence-corrected chi connectivity index (χ3v) is 2.01. The van der Waals surface area contributed by atoms with E-state index in [1.54, 1.807) is 18.2 Å². The maximum atomic E-state index is 13.0. The molecule has 1 amide bonds. The molecule has 1 N–H and O–H groups in total. The van der Waals surface area contributed by atoms with Crippen molar-refractivity contribution < 1.29 is 9.18 Å². The van der Waals surface area contributed by atoms with Gasteiger partial charge in [-0.25, -0.2) is 4.39 Å². The summed E-state index contributed by atoms with van der Waals surface area (Å²) in [4.78, 5) is 10.6. The quantitative estimate of drug-likeness (QED) is 0.626. The number of hydrogen-bond donors (Lipinski definition) is 1. The molecule has 1 aliphatic rings. The summed E-state index contributed by atoms with van der Waals surface area (Å²) in [6.45, 7) is 0. The second-order valence-corrected chi connectivity index (χ2v) is 2.85. The second kappa shape index (κ2) is 2.59. The fourth-order valence-corrected chi connectivity index (χ4v) is 1.30. The Labute approximate surface area is 69.4 Å². The van der Waals surface area contributed by atoms with Crippen LogP contribution in [-0.2, 0) is 4.79 Å². The molecule has 1 fully saturated rings. The van der Waals surface area contributed by atoms with E-state index < -0.39 is 0 Å². The van der Waals surface area contributed by atoms with Gasteiger partial charge in [-0.05, 0) is 6.07 Å². The molecule has 12 heavy (non-hydrogen) atoms. The summed E-state index contributed by atoms with van der Waals surface area (Å²) in [6, 6.07) is 6.39. The predicted octanol–water partition coefficient (Wildman–Crippen LogP) is 1.39. The van der Waals surface area contributed by atoms with Crippen LogP contribution < -0.4 is 5.32 Å². The first-order valence-corrected chi connectivity index (χ1v) is 3.81. The highest BCUT2D eigenvalue weighted by Gasteiger charge is 2.28. The van der Waals surface area contributed by atoms with Gasteiger partial charge in [0.2, 0.25) is 5.91 Å². The number of carbonyl (C=O) groups is 1. The Balaban J connectivity index is 2.23. The van der Waals surface area contributed by atoms with Crippen LogP contribution in [0.25, 0.3) is 0 Å². The van der Waals surface area contributed by atoms with E-state index in [1.165, 1.54) is 6.07 Å². The zero-order chi connectivity index (χ0) is 8.55. The van der Waals surface area contributed by atoms with E-state index in [1.807, 2.05) is 0 Å². The molecule has 0 spiro atoms. The first kappa shape index (κ1) is 7.28. The van der Waals surface area contributed by atoms with E-state index in [2.05, 4.69) is 5.32 Å². The van der Waals surface area contributed by atoms with Crippen molar-refractivity contribution in [3.05, 3.63) is 35.6 Å². The van der Waals surface area contributed by atoms with Crippen molar-refractivity contribution in [2.45, 2.75) is 12.5 Å². The van der Waals surface area contributed by atoms with Crippen LogP contribution in [0.1, 0.15) is 18.0 Å². The average Bonchev–Trinajstić information content (AvgIpc) is 2.01. The Bertz CT molecular complexity index is 316. The number of hydrogen-bond acceptors (Lipinski definition) is 1. The minimum Gasteiger partial charge on any atom is -0.349 e. The molecular formula is C9H8FNO. The maximum Gasteiger partial charge on any atom is 0.222 e. The summed E-state index contributed by atoms with van der Waals surface area (Å²) in [5.41, 5.74) is 0.581. The highest BCUT2D eigenvalue weighted by atomic mass is 19.1. The van der Waals surface area contributed by atoms with Gasteiger partial charge < -0.3 is 5.32 Å². The lowest BCUT2D eigenvalue weighted by Gasteiger charge is -2.27. The molecule has 62 valence electrons. The van der Waals surface area contributed by atoms with Crippen molar-refractivity contribution in [2.75, 3.05) is 0 Å². The summed E-state index contributed by atoms with van der Waals surface area (Å²) >= 11 is 0. The minimum absolute atomic E-state index is 0.0109. The molecule has 1 saturated heterocycles. The van der Waals surface area contributed by atoms with Crippen molar-refractivity contribution in [1.82, 2.24) is 5.32 Å². The van der Waals surface area contributed by atoms with Crippen molar-refractivity contribution in [1.29, 1.82) is 0 Å². The van der Waals surface area contributed by atoms with E-state index in [4.69, 9.17) is 0 Å². The standard InChI is InChI=1S/C9H8FNO/c10-7-4-2-1-3-6(7)8-5-9(12)11-8/h1-4,8H,5H2,(H,11,12)/t8-/m1/s1. The summed E-state index contributed by atoms with van der Waals surface area (Å²) in [7, 11) is 0. The molecule has 1 aromatic carbocycles. The van der Waals surface area contributed by atoms with E-state index >= 15 is 0 Å². The molecule has 2 nitrogen and oxygen atoms in total. The van der Waals surface area contributed by atoms with Gasteiger partial charge in [-0.3, -0.25) is 4.79 Å². The van der Waals surface area contributed by atoms with Crippen molar-refractivity contribution in [3.8, 4) is 0 Å². The molecule has 1 aliphatic heterocycles. The van der Waals surface area contributed by atoms with Crippen LogP contribution in [0, 0.1) is 5.82 Å². The van der Waals surface area contributed by atoms with Gasteiger partial charge >= 0.3 is 0 Å². The van der Waals surface area contributed by atoms with Crippen LogP contribution >= 0.6 is 0 Å². The second-order valence-electron chi connectivity index (χ2n) is 2.85. The van der Waals surface area contributed by atoms with Crippen LogP contribution in [0.4, 0.5) is 4.39 Å². The van der Waals surface area contributed by atoms with E-state index in [-0.39, 0.29) is 17.8 Å². The normalized spacial score (nSPS) is 21.4. The first-order valence-electron chi connectivity index (χ1n) is 3.81. The van der Waals surface area contributed by atoms with Crippen LogP contribution in [0.3, 0.4) is 0 Å². The fraction of sp³-hybridized carbons (Fsp3) is 0.222. The largest absolute Gasteiger partial charge is 0.349 e. The van der Waals surface area contributed by atoms with Crippen LogP contribution in [0.5, 0.6) is 0 Å². The van der Waals surface area contributed by atoms with Gasteiger partial charge in [0.05, 0.1) is 12.5 Å². The van der Waals surface area contributed by atoms with Crippen molar-refractivity contribution >= 4 is 5.91 Å². The predicted molar refractivity (Wildman–Crippen MR) is 41.9 cm³/mol. The number of β-lactam (4-membered cyclic amide) rings is 1. The monoisotopic (exact) mass is 165 g/mol. The molecule has 1 heterocycles. The lowest BCUT2D eigenvalue weighted by Crippen LogP contribution is -2.41. The fourth-order valence-electron chi connectivity index (χ4n) is 1.30. The third-order valence-electron chi connectivity index (χ3n) is 2.01. The van der Waals surface area contributed by atoms with Gasteiger partial charge in [-0.1, -0.05) is 18.2 Å². The van der Waals surface area contributed by atoms with Crippen molar-refractivity contribution in [3.63, 3.8) is 0 Å². The van der Waals surface area contributed by atoms with Gasteiger partial charge in [0.15, 0.2) is 0 Å². The van der Waals surface area contributed by atoms with E-state index in [0.29, 0.717) is 12.0 Å². The zero-order valence-corrected chi connectivity index (χ0v) is 6.38. The highest BCUT2D eigenvalue weighted by Crippen LogP contribution is 2.25. The molecule has 1 atom stereocenters. The molecule has 0 aromatic heterocycles. The molecule has 3 heteroatoms. The van der Waals surface area contributed by atoms with Gasteiger partial charge in [-0.2, -0.15) is 0 Å². The van der Waals surface area contributed by atoms with Gasteiger partial charge in [0.1, 0.15) is 5.82 Å². The number of rotatable bonds is 1.